The Morgan fingerprint density at radius 1 is 1.07 bits per heavy atom. The topological polar surface area (TPSA) is 137 Å². The molecule has 0 unspecified atom stereocenters. The van der Waals surface area contributed by atoms with Crippen molar-refractivity contribution >= 4 is 23.4 Å². The minimum Gasteiger partial charge on any atom is -0.473 e. The lowest BCUT2D eigenvalue weighted by atomic mass is 9.62. The van der Waals surface area contributed by atoms with Crippen molar-refractivity contribution in [1.29, 1.82) is 0 Å². The molecule has 1 aromatic heterocycles. The van der Waals surface area contributed by atoms with Crippen LogP contribution >= 0.6 is 0 Å². The number of likely N-dealkylation sites (tertiary alicyclic amines) is 2. The minimum absolute atomic E-state index is 0.0250. The Labute approximate surface area is 260 Å². The van der Waals surface area contributed by atoms with Crippen LogP contribution in [-0.4, -0.2) is 87.0 Å². The molecule has 1 spiro atoms. The Hall–Kier alpha value is -3.21. The average molecular weight is 612 g/mol. The summed E-state index contributed by atoms with van der Waals surface area (Å²) in [4.78, 5) is 53.0. The van der Waals surface area contributed by atoms with Crippen molar-refractivity contribution in [3.63, 3.8) is 0 Å². The van der Waals surface area contributed by atoms with Gasteiger partial charge in [0.05, 0.1) is 29.3 Å². The van der Waals surface area contributed by atoms with E-state index in [0.717, 1.165) is 32.2 Å². The summed E-state index contributed by atoms with van der Waals surface area (Å²) in [6.07, 6.45) is 5.60. The monoisotopic (exact) mass is 611 g/mol. The van der Waals surface area contributed by atoms with Gasteiger partial charge in [-0.3, -0.25) is 19.4 Å². The summed E-state index contributed by atoms with van der Waals surface area (Å²) in [5, 5.41) is 0. The second-order valence-corrected chi connectivity index (χ2v) is 14.5. The zero-order chi connectivity index (χ0) is 32.0. The number of amides is 1. The Morgan fingerprint density at radius 3 is 2.41 bits per heavy atom. The van der Waals surface area contributed by atoms with E-state index in [2.05, 4.69) is 21.9 Å². The van der Waals surface area contributed by atoms with E-state index in [1.165, 1.54) is 0 Å². The molecule has 0 aromatic carbocycles. The third kappa shape index (κ3) is 6.17. The predicted octanol–water partition coefficient (Wildman–Crippen LogP) is 4.67. The first-order chi connectivity index (χ1) is 20.6. The molecule has 4 aliphatic rings. The van der Waals surface area contributed by atoms with Crippen LogP contribution in [0.5, 0.6) is 11.8 Å². The summed E-state index contributed by atoms with van der Waals surface area (Å²) < 4.78 is 18.3. The molecule has 0 radical (unpaired) electrons. The van der Waals surface area contributed by atoms with E-state index in [-0.39, 0.29) is 47.2 Å². The van der Waals surface area contributed by atoms with E-state index < -0.39 is 22.6 Å². The van der Waals surface area contributed by atoms with Crippen LogP contribution in [0.2, 0.25) is 0 Å². The fraction of sp³-hybridized carbons (Fsp3) is 0.727. The number of aromatic nitrogens is 2. The summed E-state index contributed by atoms with van der Waals surface area (Å²) in [5.74, 6) is 0.534. The van der Waals surface area contributed by atoms with E-state index in [0.29, 0.717) is 50.1 Å². The molecule has 5 rings (SSSR count). The van der Waals surface area contributed by atoms with Crippen molar-refractivity contribution in [1.82, 2.24) is 19.8 Å². The lowest BCUT2D eigenvalue weighted by Crippen LogP contribution is -2.71. The smallest absolute Gasteiger partial charge is 0.410 e. The van der Waals surface area contributed by atoms with E-state index in [1.807, 2.05) is 41.5 Å². The largest absolute Gasteiger partial charge is 0.473 e. The van der Waals surface area contributed by atoms with Crippen LogP contribution < -0.4 is 15.2 Å². The van der Waals surface area contributed by atoms with Crippen molar-refractivity contribution < 1.29 is 28.6 Å². The first kappa shape index (κ1) is 32.2. The highest BCUT2D eigenvalue weighted by molar-refractivity contribution is 6.17. The minimum atomic E-state index is -0.980. The number of rotatable bonds is 6. The number of ketones is 2. The van der Waals surface area contributed by atoms with Crippen molar-refractivity contribution in [2.45, 2.75) is 129 Å². The Morgan fingerprint density at radius 2 is 1.77 bits per heavy atom. The number of nitrogens with zero attached hydrogens (tertiary/aromatic N) is 4. The van der Waals surface area contributed by atoms with Crippen LogP contribution in [0.4, 0.5) is 4.79 Å². The molecule has 2 aliphatic heterocycles. The van der Waals surface area contributed by atoms with E-state index in [4.69, 9.17) is 19.9 Å². The number of hydrogen-bond donors (Lipinski definition) is 1. The molecule has 3 heterocycles. The number of carbonyl (C=O) groups is 3. The average Bonchev–Trinajstić information content (AvgIpc) is 3.38. The van der Waals surface area contributed by atoms with Crippen LogP contribution in [0.25, 0.3) is 5.70 Å². The van der Waals surface area contributed by atoms with Crippen LogP contribution in [0.1, 0.15) is 105 Å². The van der Waals surface area contributed by atoms with Gasteiger partial charge in [-0.1, -0.05) is 6.42 Å². The first-order valence-electron chi connectivity index (χ1n) is 16.1. The lowest BCUT2D eigenvalue weighted by Gasteiger charge is -2.53. The van der Waals surface area contributed by atoms with Crippen molar-refractivity contribution in [3.05, 3.63) is 17.5 Å². The van der Waals surface area contributed by atoms with Gasteiger partial charge in [0.25, 0.3) is 0 Å². The van der Waals surface area contributed by atoms with Crippen LogP contribution in [0.15, 0.2) is 11.6 Å². The number of allylic oxidation sites excluding steroid dienone is 1. The van der Waals surface area contributed by atoms with E-state index in [9.17, 15) is 14.4 Å². The van der Waals surface area contributed by atoms with Gasteiger partial charge in [0.2, 0.25) is 11.8 Å². The number of carbonyl (C=O) groups excluding carboxylic acids is 3. The molecule has 2 saturated heterocycles. The van der Waals surface area contributed by atoms with Gasteiger partial charge < -0.3 is 19.9 Å². The fourth-order valence-corrected chi connectivity index (χ4v) is 7.15. The maximum Gasteiger partial charge on any atom is 0.410 e. The zero-order valence-electron chi connectivity index (χ0n) is 27.4. The van der Waals surface area contributed by atoms with Crippen molar-refractivity contribution in [2.24, 2.45) is 11.1 Å². The van der Waals surface area contributed by atoms with Gasteiger partial charge in [-0.15, -0.1) is 0 Å². The molecule has 2 saturated carbocycles. The third-order valence-electron chi connectivity index (χ3n) is 9.91. The number of likely N-dealkylation sites (N-methyl/N-ethyl adjacent to an activating group) is 1. The molecule has 2 aliphatic carbocycles. The van der Waals surface area contributed by atoms with Crippen LogP contribution in [-0.2, 0) is 14.3 Å². The molecular formula is C33H49N5O6. The summed E-state index contributed by atoms with van der Waals surface area (Å²) in [6.45, 7) is 12.7. The maximum absolute atomic E-state index is 13.9. The standard InChI is InChI=1S/C33H49N5O6/c1-20(22-13-11-17-37(22)7)42-25-18-26(43-24-19-38(32(24,5)6)30(41)44-31(2,3)4)36-29(35-25)27(34)21-12-10-16-33(28(21)40)15-9-8-14-23(33)39/h18,20,22,24H,8-17,19,34H2,1-7H3/t20-,22-,24+,33+/m0/s1. The number of Topliss-reactive ketones (excluding diaryl/α,β-unsaturated/α-hetero) is 2. The Bertz CT molecular complexity index is 1330. The number of hydrogen-bond acceptors (Lipinski definition) is 10. The normalized spacial score (nSPS) is 29.3. The van der Waals surface area contributed by atoms with Crippen LogP contribution in [0.3, 0.4) is 0 Å². The molecule has 11 heteroatoms. The first-order valence-corrected chi connectivity index (χ1v) is 16.1. The van der Waals surface area contributed by atoms with Crippen LogP contribution in [0, 0.1) is 5.41 Å². The predicted molar refractivity (Wildman–Crippen MR) is 165 cm³/mol. The van der Waals surface area contributed by atoms with Gasteiger partial charge in [-0.05, 0) is 100 Å². The van der Waals surface area contributed by atoms with E-state index in [1.54, 1.807) is 11.0 Å². The molecule has 4 atom stereocenters. The summed E-state index contributed by atoms with van der Waals surface area (Å²) in [5.41, 5.74) is 5.02. The highest BCUT2D eigenvalue weighted by Gasteiger charge is 2.53. The fourth-order valence-electron chi connectivity index (χ4n) is 7.15. The van der Waals surface area contributed by atoms with Crippen molar-refractivity contribution in [2.75, 3.05) is 20.1 Å². The van der Waals surface area contributed by atoms with Crippen molar-refractivity contribution in [3.8, 4) is 11.8 Å². The lowest BCUT2D eigenvalue weighted by molar-refractivity contribution is -0.143. The van der Waals surface area contributed by atoms with Gasteiger partial charge in [0.15, 0.2) is 11.6 Å². The molecule has 44 heavy (non-hydrogen) atoms. The molecule has 1 amide bonds. The van der Waals surface area contributed by atoms with E-state index >= 15 is 0 Å². The Balaban J connectivity index is 1.45. The summed E-state index contributed by atoms with van der Waals surface area (Å²) in [6, 6.07) is 1.88. The number of nitrogens with two attached hydrogens (primary N) is 1. The zero-order valence-corrected chi connectivity index (χ0v) is 27.4. The Kier molecular flexibility index (Phi) is 8.74. The molecule has 1 aromatic rings. The second-order valence-electron chi connectivity index (χ2n) is 14.5. The highest BCUT2D eigenvalue weighted by atomic mass is 16.6. The highest BCUT2D eigenvalue weighted by Crippen LogP contribution is 2.46. The van der Waals surface area contributed by atoms with Gasteiger partial charge >= 0.3 is 6.09 Å². The third-order valence-corrected chi connectivity index (χ3v) is 9.91. The summed E-state index contributed by atoms with van der Waals surface area (Å²) in [7, 11) is 2.09. The molecule has 4 fully saturated rings. The van der Waals surface area contributed by atoms with Gasteiger partial charge in [-0.2, -0.15) is 9.97 Å². The molecule has 0 bridgehead atoms. The molecular weight excluding hydrogens is 562 g/mol. The van der Waals surface area contributed by atoms with Gasteiger partial charge in [0, 0.05) is 18.0 Å². The quantitative estimate of drug-likeness (QED) is 0.357. The molecule has 242 valence electrons. The second kappa shape index (κ2) is 11.9. The molecule has 11 nitrogen and oxygen atoms in total. The van der Waals surface area contributed by atoms with Gasteiger partial charge in [-0.25, -0.2) is 4.79 Å². The van der Waals surface area contributed by atoms with Gasteiger partial charge in [0.1, 0.15) is 23.6 Å². The summed E-state index contributed by atoms with van der Waals surface area (Å²) >= 11 is 0. The SMILES string of the molecule is C[C@H](Oc1cc(O[C@@H]2CN(C(=O)OC(C)(C)C)C2(C)C)nc(C(N)=C2CCC[C@@]3(CCCCC3=O)C2=O)n1)[C@@H]1CCCN1C. The number of ether oxygens (including phenoxy) is 3. The molecule has 2 N–H and O–H groups in total. The maximum atomic E-state index is 13.9.